The normalized spacial score (nSPS) is 10.9. The van der Waals surface area contributed by atoms with Gasteiger partial charge in [-0.3, -0.25) is 9.05 Å². The molecule has 0 saturated heterocycles. The third-order valence-corrected chi connectivity index (χ3v) is 1.71. The topological polar surface area (TPSA) is 96.2 Å². The fourth-order valence-corrected chi connectivity index (χ4v) is 1.05. The van der Waals surface area contributed by atoms with Crippen LogP contribution in [0.1, 0.15) is 0 Å². The number of rotatable bonds is 6. The number of hydrogen-bond acceptors (Lipinski definition) is 5. The van der Waals surface area contributed by atoms with Crippen LogP contribution in [0.15, 0.2) is 0 Å². The maximum absolute atomic E-state index is 10.6. The van der Waals surface area contributed by atoms with Crippen LogP contribution in [-0.4, -0.2) is 92.9 Å². The zero-order valence-corrected chi connectivity index (χ0v) is 6.74. The molecule has 0 aromatic carbocycles. The van der Waals surface area contributed by atoms with Gasteiger partial charge in [0.1, 0.15) is 0 Å². The summed E-state index contributed by atoms with van der Waals surface area (Å²) < 4.78 is 19.0. The molecule has 0 aromatic heterocycles. The van der Waals surface area contributed by atoms with Crippen LogP contribution in [0, 0.1) is 0 Å². The van der Waals surface area contributed by atoms with Gasteiger partial charge in [0.2, 0.25) is 0 Å². The molecule has 0 heterocycles. The zero-order chi connectivity index (χ0) is 8.74. The molecule has 0 bridgehead atoms. The summed E-state index contributed by atoms with van der Waals surface area (Å²) in [6.45, 7) is -1.24. The molecule has 0 saturated carbocycles. The Labute approximate surface area is 113 Å². The zero-order valence-electron chi connectivity index (χ0n) is 5.84. The van der Waals surface area contributed by atoms with Gasteiger partial charge < -0.3 is 15.1 Å². The Balaban J connectivity index is 0. The molecule has 6 nitrogen and oxygen atoms in total. The molecule has 12 heavy (non-hydrogen) atoms. The molecule has 0 rings (SSSR count). The fraction of sp³-hybridized carbons (Fsp3) is 1.00. The van der Waals surface area contributed by atoms with E-state index in [0.29, 0.717) is 0 Å². The third-order valence-electron chi connectivity index (χ3n) is 0.691. The van der Waals surface area contributed by atoms with Gasteiger partial charge >= 0.3 is 59.2 Å². The van der Waals surface area contributed by atoms with Crippen molar-refractivity contribution in [1.82, 2.24) is 0 Å². The summed E-state index contributed by atoms with van der Waals surface area (Å²) in [5.41, 5.74) is 0. The van der Waals surface area contributed by atoms with Gasteiger partial charge in [-0.15, -0.1) is 0 Å². The number of aliphatic hydroxyl groups excluding tert-OH is 2. The summed E-state index contributed by atoms with van der Waals surface area (Å²) in [4.78, 5) is 8.67. The summed E-state index contributed by atoms with van der Waals surface area (Å²) in [6.07, 6.45) is 0. The molecule has 0 spiro atoms. The van der Waals surface area contributed by atoms with Crippen molar-refractivity contribution in [3.05, 3.63) is 0 Å². The van der Waals surface area contributed by atoms with E-state index in [1.165, 1.54) is 0 Å². The van der Waals surface area contributed by atoms with Crippen molar-refractivity contribution in [2.24, 2.45) is 0 Å². The molecular weight excluding hydrogens is 214 g/mol. The van der Waals surface area contributed by atoms with E-state index >= 15 is 0 Å². The van der Waals surface area contributed by atoms with E-state index in [1.807, 2.05) is 0 Å². The fourth-order valence-electron chi connectivity index (χ4n) is 0.350. The first-order chi connectivity index (χ1) is 5.12. The van der Waals surface area contributed by atoms with Crippen molar-refractivity contribution >= 4 is 59.2 Å². The van der Waals surface area contributed by atoms with E-state index in [-0.39, 0.29) is 77.8 Å². The summed E-state index contributed by atoms with van der Waals surface area (Å²) >= 11 is 0. The second-order valence-corrected chi connectivity index (χ2v) is 3.04. The van der Waals surface area contributed by atoms with E-state index in [4.69, 9.17) is 15.1 Å². The van der Waals surface area contributed by atoms with Crippen LogP contribution in [0.5, 0.6) is 0 Å². The first-order valence-corrected chi connectivity index (χ1v) is 4.45. The minimum absolute atomic E-state index is 0. The molecule has 8 heteroatoms. The molecule has 0 amide bonds. The van der Waals surface area contributed by atoms with E-state index in [9.17, 15) is 4.57 Å². The standard InChI is InChI=1S/C4H11O6P.K.H/c5-1-3-9-11(7,8)10-4-2-6;;/h5-6H,1-4H2,(H,7,8);;. The Hall–Kier alpha value is 1.67. The molecule has 0 aliphatic heterocycles. The van der Waals surface area contributed by atoms with Gasteiger partial charge in [-0.1, -0.05) is 0 Å². The predicted octanol–water partition coefficient (Wildman–Crippen LogP) is -1.54. The number of aliphatic hydroxyl groups is 2. The quantitative estimate of drug-likeness (QED) is 0.375. The second-order valence-electron chi connectivity index (χ2n) is 1.58. The van der Waals surface area contributed by atoms with E-state index in [1.54, 1.807) is 0 Å². The number of phosphoric acid groups is 1. The number of phosphoric ester groups is 1. The molecule has 70 valence electrons. The van der Waals surface area contributed by atoms with Crippen LogP contribution >= 0.6 is 7.82 Å². The van der Waals surface area contributed by atoms with Crippen LogP contribution in [0.3, 0.4) is 0 Å². The summed E-state index contributed by atoms with van der Waals surface area (Å²) in [6, 6.07) is 0. The van der Waals surface area contributed by atoms with Crippen molar-refractivity contribution in [3.8, 4) is 0 Å². The number of hydrogen-bond donors (Lipinski definition) is 3. The molecule has 3 N–H and O–H groups in total. The van der Waals surface area contributed by atoms with Crippen molar-refractivity contribution in [1.29, 1.82) is 0 Å². The van der Waals surface area contributed by atoms with Gasteiger partial charge in [-0.2, -0.15) is 0 Å². The minimum atomic E-state index is -4.05. The molecular formula is C4H12KO6P. The summed E-state index contributed by atoms with van der Waals surface area (Å²) in [5.74, 6) is 0. The Morgan fingerprint density at radius 1 is 1.08 bits per heavy atom. The van der Waals surface area contributed by atoms with Crippen LogP contribution in [-0.2, 0) is 13.6 Å². The van der Waals surface area contributed by atoms with Crippen molar-refractivity contribution in [3.63, 3.8) is 0 Å². The monoisotopic (exact) mass is 226 g/mol. The van der Waals surface area contributed by atoms with Gasteiger partial charge in [0, 0.05) is 0 Å². The second kappa shape index (κ2) is 9.23. The van der Waals surface area contributed by atoms with Gasteiger partial charge in [-0.25, -0.2) is 4.57 Å². The van der Waals surface area contributed by atoms with Crippen molar-refractivity contribution in [2.45, 2.75) is 0 Å². The molecule has 0 aliphatic rings. The van der Waals surface area contributed by atoms with Gasteiger partial charge in [0.05, 0.1) is 26.4 Å². The third kappa shape index (κ3) is 9.75. The summed E-state index contributed by atoms with van der Waals surface area (Å²) in [7, 11) is -4.05. The van der Waals surface area contributed by atoms with Gasteiger partial charge in [0.15, 0.2) is 0 Å². The maximum atomic E-state index is 10.6. The van der Waals surface area contributed by atoms with Crippen LogP contribution in [0.4, 0.5) is 0 Å². The van der Waals surface area contributed by atoms with Crippen LogP contribution in [0.25, 0.3) is 0 Å². The molecule has 0 radical (unpaired) electrons. The SMILES string of the molecule is O=P(O)(OCCO)OCCO.[KH]. The first kappa shape index (κ1) is 16.1. The van der Waals surface area contributed by atoms with Gasteiger partial charge in [-0.05, 0) is 0 Å². The molecule has 0 aliphatic carbocycles. The molecule has 0 atom stereocenters. The van der Waals surface area contributed by atoms with E-state index < -0.39 is 7.82 Å². The Morgan fingerprint density at radius 2 is 1.42 bits per heavy atom. The Bertz CT molecular complexity index is 130. The average Bonchev–Trinajstić information content (AvgIpc) is 1.97. The van der Waals surface area contributed by atoms with E-state index in [0.717, 1.165) is 0 Å². The Morgan fingerprint density at radius 3 is 1.67 bits per heavy atom. The first-order valence-electron chi connectivity index (χ1n) is 2.96. The average molecular weight is 226 g/mol. The van der Waals surface area contributed by atoms with Crippen LogP contribution in [0.2, 0.25) is 0 Å². The van der Waals surface area contributed by atoms with Crippen LogP contribution < -0.4 is 0 Å². The molecule has 0 aromatic rings. The van der Waals surface area contributed by atoms with E-state index in [2.05, 4.69) is 9.05 Å². The van der Waals surface area contributed by atoms with Crippen molar-refractivity contribution in [2.75, 3.05) is 26.4 Å². The Kier molecular flexibility index (Phi) is 12.4. The molecule has 0 fully saturated rings. The predicted molar refractivity (Wildman–Crippen MR) is 43.0 cm³/mol. The molecule has 0 unspecified atom stereocenters. The van der Waals surface area contributed by atoms with Gasteiger partial charge in [0.25, 0.3) is 0 Å². The van der Waals surface area contributed by atoms with Crippen molar-refractivity contribution < 1.29 is 28.7 Å². The summed E-state index contributed by atoms with van der Waals surface area (Å²) in [5, 5.41) is 16.4.